The first kappa shape index (κ1) is 26.1. The number of carbonyl (C=O) groups is 2. The minimum absolute atomic E-state index is 0.0178. The number of hydrogen-bond acceptors (Lipinski definition) is 6. The Morgan fingerprint density at radius 3 is 2.15 bits per heavy atom. The van der Waals surface area contributed by atoms with Crippen LogP contribution in [0.3, 0.4) is 0 Å². The van der Waals surface area contributed by atoms with Gasteiger partial charge in [-0.2, -0.15) is 0 Å². The van der Waals surface area contributed by atoms with E-state index in [0.29, 0.717) is 12.2 Å². The third kappa shape index (κ3) is 7.51. The molecular weight excluding hydrogens is 443 g/mol. The number of rotatable bonds is 5. The molecule has 0 amide bonds. The van der Waals surface area contributed by atoms with Crippen molar-refractivity contribution in [1.82, 2.24) is 4.90 Å². The van der Waals surface area contributed by atoms with Crippen LogP contribution in [-0.4, -0.2) is 84.2 Å². The zero-order chi connectivity index (χ0) is 24.6. The molecule has 8 nitrogen and oxygen atoms in total. The monoisotopic (exact) mass is 478 g/mol. The Balaban J connectivity index is 0.000000350. The average Bonchev–Trinajstić information content (AvgIpc) is 2.82. The smallest absolute Gasteiger partial charge is 0.328 e. The minimum Gasteiger partial charge on any atom is -0.478 e. The molecule has 1 aromatic carbocycles. The van der Waals surface area contributed by atoms with E-state index >= 15 is 0 Å². The first-order chi connectivity index (χ1) is 16.3. The van der Waals surface area contributed by atoms with E-state index in [9.17, 15) is 14.0 Å². The fourth-order valence-corrected chi connectivity index (χ4v) is 4.90. The molecule has 2 atom stereocenters. The van der Waals surface area contributed by atoms with Crippen molar-refractivity contribution < 1.29 is 33.7 Å². The first-order valence-corrected chi connectivity index (χ1v) is 11.9. The van der Waals surface area contributed by atoms with Gasteiger partial charge >= 0.3 is 11.9 Å². The van der Waals surface area contributed by atoms with Gasteiger partial charge in [-0.05, 0) is 44.0 Å². The molecule has 0 bridgehead atoms. The number of ether oxygens (including phenoxy) is 2. The lowest BCUT2D eigenvalue weighted by Crippen LogP contribution is -2.57. The lowest BCUT2D eigenvalue weighted by atomic mass is 9.80. The quantitative estimate of drug-likeness (QED) is 0.623. The van der Waals surface area contributed by atoms with Gasteiger partial charge in [0, 0.05) is 50.6 Å². The highest BCUT2D eigenvalue weighted by Crippen LogP contribution is 2.39. The SMILES string of the molecule is CC1OC(CN2CCN(c3ccc(F)cc3)CC2)COC12CCCCC2.O=C(O)C=CC(=O)O. The molecule has 1 spiro atoms. The highest BCUT2D eigenvalue weighted by Gasteiger charge is 2.44. The summed E-state index contributed by atoms with van der Waals surface area (Å²) in [6.45, 7) is 7.83. The fourth-order valence-electron chi connectivity index (χ4n) is 4.90. The lowest BCUT2D eigenvalue weighted by Gasteiger charge is -2.48. The molecule has 2 N–H and O–H groups in total. The maximum absolute atomic E-state index is 13.1. The number of aliphatic carboxylic acids is 2. The summed E-state index contributed by atoms with van der Waals surface area (Å²) in [5.74, 6) is -2.69. The van der Waals surface area contributed by atoms with Gasteiger partial charge in [0.25, 0.3) is 0 Å². The van der Waals surface area contributed by atoms with Gasteiger partial charge in [-0.3, -0.25) is 4.90 Å². The number of piperazine rings is 1. The second-order valence-electron chi connectivity index (χ2n) is 9.11. The predicted octanol–water partition coefficient (Wildman–Crippen LogP) is 3.17. The summed E-state index contributed by atoms with van der Waals surface area (Å²) in [6.07, 6.45) is 7.66. The van der Waals surface area contributed by atoms with Crippen LogP contribution in [0.1, 0.15) is 39.0 Å². The lowest BCUT2D eigenvalue weighted by molar-refractivity contribution is -0.241. The summed E-state index contributed by atoms with van der Waals surface area (Å²) in [7, 11) is 0. The molecule has 34 heavy (non-hydrogen) atoms. The highest BCUT2D eigenvalue weighted by atomic mass is 19.1. The molecular formula is C25H35FN2O6. The van der Waals surface area contributed by atoms with Gasteiger partial charge in [-0.1, -0.05) is 19.3 Å². The number of benzene rings is 1. The van der Waals surface area contributed by atoms with Crippen molar-refractivity contribution in [2.24, 2.45) is 0 Å². The summed E-state index contributed by atoms with van der Waals surface area (Å²) < 4.78 is 25.8. The second kappa shape index (κ2) is 12.3. The Morgan fingerprint density at radius 2 is 1.62 bits per heavy atom. The van der Waals surface area contributed by atoms with Crippen LogP contribution in [-0.2, 0) is 19.1 Å². The molecule has 3 fully saturated rings. The van der Waals surface area contributed by atoms with E-state index in [1.165, 1.54) is 31.4 Å². The van der Waals surface area contributed by atoms with E-state index in [4.69, 9.17) is 19.7 Å². The zero-order valence-electron chi connectivity index (χ0n) is 19.7. The van der Waals surface area contributed by atoms with Crippen LogP contribution in [0.4, 0.5) is 10.1 Å². The van der Waals surface area contributed by atoms with Gasteiger partial charge in [0.2, 0.25) is 0 Å². The summed E-state index contributed by atoms with van der Waals surface area (Å²) in [6, 6.07) is 6.82. The van der Waals surface area contributed by atoms with Gasteiger partial charge in [-0.25, -0.2) is 14.0 Å². The molecule has 1 saturated carbocycles. The Bertz CT molecular complexity index is 816. The average molecular weight is 479 g/mol. The van der Waals surface area contributed by atoms with Gasteiger partial charge in [-0.15, -0.1) is 0 Å². The molecule has 1 aliphatic carbocycles. The van der Waals surface area contributed by atoms with E-state index in [1.54, 1.807) is 0 Å². The first-order valence-electron chi connectivity index (χ1n) is 11.9. The maximum atomic E-state index is 13.1. The standard InChI is InChI=1S/C21H31FN2O2.C4H4O4/c1-17-21(9-3-2-4-10-21)25-16-20(26-17)15-23-11-13-24(14-12-23)19-7-5-18(22)6-8-19;5-3(6)1-2-4(7)8/h5-8,17,20H,2-4,9-16H2,1H3;1-2H,(H,5,6)(H,7,8). The molecule has 9 heteroatoms. The second-order valence-corrected chi connectivity index (χ2v) is 9.11. The largest absolute Gasteiger partial charge is 0.478 e. The zero-order valence-corrected chi connectivity index (χ0v) is 19.7. The van der Waals surface area contributed by atoms with E-state index < -0.39 is 11.9 Å². The number of carboxylic acid groups (broad SMARTS) is 2. The summed E-state index contributed by atoms with van der Waals surface area (Å²) in [5.41, 5.74) is 1.09. The molecule has 2 aliphatic heterocycles. The van der Waals surface area contributed by atoms with Crippen LogP contribution < -0.4 is 4.90 Å². The topological polar surface area (TPSA) is 99.5 Å². The molecule has 4 rings (SSSR count). The molecule has 2 saturated heterocycles. The van der Waals surface area contributed by atoms with Gasteiger partial charge in [0.1, 0.15) is 5.82 Å². The van der Waals surface area contributed by atoms with Crippen molar-refractivity contribution in [3.05, 3.63) is 42.2 Å². The third-order valence-electron chi connectivity index (χ3n) is 6.79. The van der Waals surface area contributed by atoms with Gasteiger partial charge < -0.3 is 24.6 Å². The van der Waals surface area contributed by atoms with Crippen molar-refractivity contribution in [2.75, 3.05) is 44.2 Å². The molecule has 2 heterocycles. The van der Waals surface area contributed by atoms with Gasteiger partial charge in [0.15, 0.2) is 0 Å². The number of carboxylic acids is 2. The van der Waals surface area contributed by atoms with E-state index in [1.807, 2.05) is 12.1 Å². The number of anilines is 1. The van der Waals surface area contributed by atoms with E-state index in [2.05, 4.69) is 16.7 Å². The van der Waals surface area contributed by atoms with Crippen LogP contribution in [0.25, 0.3) is 0 Å². The van der Waals surface area contributed by atoms with Gasteiger partial charge in [0.05, 0.1) is 24.4 Å². The van der Waals surface area contributed by atoms with Crippen LogP contribution in [0.2, 0.25) is 0 Å². The fraction of sp³-hybridized carbons (Fsp3) is 0.600. The number of halogens is 1. The van der Waals surface area contributed by atoms with Crippen molar-refractivity contribution in [2.45, 2.75) is 56.8 Å². The third-order valence-corrected chi connectivity index (χ3v) is 6.79. The van der Waals surface area contributed by atoms with Crippen molar-refractivity contribution in [1.29, 1.82) is 0 Å². The van der Waals surface area contributed by atoms with Crippen LogP contribution >= 0.6 is 0 Å². The maximum Gasteiger partial charge on any atom is 0.328 e. The van der Waals surface area contributed by atoms with E-state index in [0.717, 1.165) is 57.9 Å². The Morgan fingerprint density at radius 1 is 1.03 bits per heavy atom. The molecule has 0 radical (unpaired) electrons. The summed E-state index contributed by atoms with van der Waals surface area (Å²) in [4.78, 5) is 23.9. The van der Waals surface area contributed by atoms with Crippen molar-refractivity contribution >= 4 is 17.6 Å². The number of hydrogen-bond donors (Lipinski definition) is 2. The Kier molecular flexibility index (Phi) is 9.44. The highest BCUT2D eigenvalue weighted by molar-refractivity contribution is 5.89. The summed E-state index contributed by atoms with van der Waals surface area (Å²) >= 11 is 0. The molecule has 3 aliphatic rings. The van der Waals surface area contributed by atoms with E-state index in [-0.39, 0.29) is 23.6 Å². The Labute approximate surface area is 199 Å². The van der Waals surface area contributed by atoms with Crippen LogP contribution in [0.5, 0.6) is 0 Å². The molecule has 0 aromatic heterocycles. The minimum atomic E-state index is -1.26. The molecule has 2 unspecified atom stereocenters. The number of nitrogens with zero attached hydrogens (tertiary/aromatic N) is 2. The van der Waals surface area contributed by atoms with Crippen molar-refractivity contribution in [3.8, 4) is 0 Å². The van der Waals surface area contributed by atoms with Crippen molar-refractivity contribution in [3.63, 3.8) is 0 Å². The Hall–Kier alpha value is -2.49. The normalized spacial score (nSPS) is 25.1. The molecule has 1 aromatic rings. The molecule has 188 valence electrons. The summed E-state index contributed by atoms with van der Waals surface area (Å²) in [5, 5.41) is 15.6. The predicted molar refractivity (Wildman–Crippen MR) is 126 cm³/mol. The van der Waals surface area contributed by atoms with Crippen LogP contribution in [0, 0.1) is 5.82 Å². The van der Waals surface area contributed by atoms with Crippen LogP contribution in [0.15, 0.2) is 36.4 Å².